The lowest BCUT2D eigenvalue weighted by molar-refractivity contribution is -0.128. The Labute approximate surface area is 144 Å². The van der Waals surface area contributed by atoms with Crippen LogP contribution in [0.5, 0.6) is 0 Å². The van der Waals surface area contributed by atoms with Crippen LogP contribution in [0.25, 0.3) is 11.4 Å². The highest BCUT2D eigenvalue weighted by Crippen LogP contribution is 2.16. The topological polar surface area (TPSA) is 97.1 Å². The highest BCUT2D eigenvalue weighted by Gasteiger charge is 2.22. The molecule has 0 spiro atoms. The molecule has 1 saturated heterocycles. The van der Waals surface area contributed by atoms with Crippen LogP contribution in [0.4, 0.5) is 4.39 Å². The second-order valence-corrected chi connectivity index (χ2v) is 5.93. The first-order chi connectivity index (χ1) is 12.1. The highest BCUT2D eigenvalue weighted by molar-refractivity contribution is 5.87. The van der Waals surface area contributed by atoms with Gasteiger partial charge in [0.05, 0.1) is 0 Å². The number of hydrogen-bond donors (Lipinski definition) is 2. The van der Waals surface area contributed by atoms with Gasteiger partial charge in [0.2, 0.25) is 23.5 Å². The molecular formula is C17H19FN4O3. The lowest BCUT2D eigenvalue weighted by Gasteiger charge is -2.14. The van der Waals surface area contributed by atoms with Crippen molar-refractivity contribution in [2.75, 3.05) is 6.54 Å². The molecular weight excluding hydrogens is 327 g/mol. The molecule has 1 aliphatic heterocycles. The molecule has 1 aromatic heterocycles. The van der Waals surface area contributed by atoms with Crippen molar-refractivity contribution >= 4 is 11.8 Å². The zero-order valence-corrected chi connectivity index (χ0v) is 13.6. The van der Waals surface area contributed by atoms with Crippen molar-refractivity contribution in [3.05, 3.63) is 36.0 Å². The van der Waals surface area contributed by atoms with Gasteiger partial charge in [-0.3, -0.25) is 9.59 Å². The molecule has 7 nitrogen and oxygen atoms in total. The Morgan fingerprint density at radius 1 is 1.32 bits per heavy atom. The summed E-state index contributed by atoms with van der Waals surface area (Å²) in [6.07, 6.45) is 2.89. The zero-order valence-electron chi connectivity index (χ0n) is 13.6. The van der Waals surface area contributed by atoms with E-state index < -0.39 is 6.04 Å². The van der Waals surface area contributed by atoms with Gasteiger partial charge in [-0.15, -0.1) is 0 Å². The van der Waals surface area contributed by atoms with Gasteiger partial charge in [0.15, 0.2) is 0 Å². The lowest BCUT2D eigenvalue weighted by Crippen LogP contribution is -2.45. The van der Waals surface area contributed by atoms with Gasteiger partial charge in [-0.2, -0.15) is 4.98 Å². The SMILES string of the molecule is O=C(CCc1nc(-c2ccc(F)cc2)no1)N[C@H]1CCCCNC1=O. The van der Waals surface area contributed by atoms with Gasteiger partial charge < -0.3 is 15.2 Å². The van der Waals surface area contributed by atoms with Crippen molar-refractivity contribution in [1.29, 1.82) is 0 Å². The largest absolute Gasteiger partial charge is 0.354 e. The van der Waals surface area contributed by atoms with Crippen molar-refractivity contribution in [2.45, 2.75) is 38.1 Å². The van der Waals surface area contributed by atoms with Crippen LogP contribution in [0.1, 0.15) is 31.6 Å². The monoisotopic (exact) mass is 346 g/mol. The molecule has 2 amide bonds. The van der Waals surface area contributed by atoms with E-state index in [0.29, 0.717) is 30.2 Å². The van der Waals surface area contributed by atoms with Crippen LogP contribution in [0.3, 0.4) is 0 Å². The predicted octanol–water partition coefficient (Wildman–Crippen LogP) is 1.59. The number of rotatable bonds is 5. The molecule has 0 saturated carbocycles. The third-order valence-corrected chi connectivity index (χ3v) is 4.01. The summed E-state index contributed by atoms with van der Waals surface area (Å²) in [5.41, 5.74) is 0.635. The van der Waals surface area contributed by atoms with Crippen molar-refractivity contribution in [3.63, 3.8) is 0 Å². The normalized spacial score (nSPS) is 17.6. The number of halogens is 1. The fraction of sp³-hybridized carbons (Fsp3) is 0.412. The molecule has 3 rings (SSSR count). The second-order valence-electron chi connectivity index (χ2n) is 5.93. The Morgan fingerprint density at radius 2 is 2.12 bits per heavy atom. The number of amides is 2. The third kappa shape index (κ3) is 4.62. The first-order valence-corrected chi connectivity index (χ1v) is 8.27. The summed E-state index contributed by atoms with van der Waals surface area (Å²) in [6.45, 7) is 0.652. The van der Waals surface area contributed by atoms with Gasteiger partial charge in [0.1, 0.15) is 11.9 Å². The first-order valence-electron chi connectivity index (χ1n) is 8.27. The van der Waals surface area contributed by atoms with Crippen LogP contribution >= 0.6 is 0 Å². The molecule has 2 N–H and O–H groups in total. The Bertz CT molecular complexity index is 745. The van der Waals surface area contributed by atoms with Crippen LogP contribution in [0, 0.1) is 5.82 Å². The number of hydrogen-bond acceptors (Lipinski definition) is 5. The minimum Gasteiger partial charge on any atom is -0.354 e. The Kier molecular flexibility index (Phi) is 5.37. The summed E-state index contributed by atoms with van der Waals surface area (Å²) in [5, 5.41) is 9.35. The lowest BCUT2D eigenvalue weighted by atomic mass is 10.1. The Balaban J connectivity index is 1.52. The Morgan fingerprint density at radius 3 is 2.92 bits per heavy atom. The number of carbonyl (C=O) groups is 2. The molecule has 0 aliphatic carbocycles. The molecule has 2 heterocycles. The maximum absolute atomic E-state index is 12.9. The molecule has 132 valence electrons. The fourth-order valence-electron chi connectivity index (χ4n) is 2.64. The number of benzene rings is 1. The van der Waals surface area contributed by atoms with E-state index in [9.17, 15) is 14.0 Å². The minimum atomic E-state index is -0.479. The predicted molar refractivity (Wildman–Crippen MR) is 86.8 cm³/mol. The summed E-state index contributed by atoms with van der Waals surface area (Å²) < 4.78 is 18.0. The summed E-state index contributed by atoms with van der Waals surface area (Å²) in [5.74, 6) is -0.0455. The molecule has 1 aromatic carbocycles. The number of aromatic nitrogens is 2. The van der Waals surface area contributed by atoms with Crippen LogP contribution in [0.2, 0.25) is 0 Å². The number of carbonyl (C=O) groups excluding carboxylic acids is 2. The second kappa shape index (κ2) is 7.87. The van der Waals surface area contributed by atoms with Gasteiger partial charge in [0, 0.05) is 24.9 Å². The van der Waals surface area contributed by atoms with Crippen LogP contribution in [0.15, 0.2) is 28.8 Å². The van der Waals surface area contributed by atoms with E-state index >= 15 is 0 Å². The zero-order chi connectivity index (χ0) is 17.6. The quantitative estimate of drug-likeness (QED) is 0.857. The summed E-state index contributed by atoms with van der Waals surface area (Å²) in [7, 11) is 0. The highest BCUT2D eigenvalue weighted by atomic mass is 19.1. The van der Waals surface area contributed by atoms with E-state index in [1.165, 1.54) is 12.1 Å². The van der Waals surface area contributed by atoms with E-state index in [-0.39, 0.29) is 30.5 Å². The summed E-state index contributed by atoms with van der Waals surface area (Å²) >= 11 is 0. The standard InChI is InChI=1S/C17H19FN4O3/c18-12-6-4-11(5-7-12)16-21-15(25-22-16)9-8-14(23)20-13-3-1-2-10-19-17(13)24/h4-7,13H,1-3,8-10H2,(H,19,24)(H,20,23)/t13-/m0/s1. The van der Waals surface area contributed by atoms with Gasteiger partial charge in [-0.1, -0.05) is 5.16 Å². The summed E-state index contributed by atoms with van der Waals surface area (Å²) in [4.78, 5) is 28.0. The maximum Gasteiger partial charge on any atom is 0.242 e. The Hall–Kier alpha value is -2.77. The van der Waals surface area contributed by atoms with Crippen molar-refractivity contribution in [3.8, 4) is 11.4 Å². The number of aryl methyl sites for hydroxylation is 1. The van der Waals surface area contributed by atoms with Crippen molar-refractivity contribution < 1.29 is 18.5 Å². The minimum absolute atomic E-state index is 0.137. The molecule has 0 unspecified atom stereocenters. The third-order valence-electron chi connectivity index (χ3n) is 4.01. The van der Waals surface area contributed by atoms with E-state index in [2.05, 4.69) is 20.8 Å². The van der Waals surface area contributed by atoms with Gasteiger partial charge >= 0.3 is 0 Å². The molecule has 1 fully saturated rings. The van der Waals surface area contributed by atoms with Crippen LogP contribution in [-0.2, 0) is 16.0 Å². The molecule has 2 aromatic rings. The van der Waals surface area contributed by atoms with E-state index in [4.69, 9.17) is 4.52 Å². The number of nitrogens with zero attached hydrogens (tertiary/aromatic N) is 2. The molecule has 8 heteroatoms. The van der Waals surface area contributed by atoms with E-state index in [0.717, 1.165) is 12.8 Å². The molecule has 0 bridgehead atoms. The van der Waals surface area contributed by atoms with Gasteiger partial charge in [0.25, 0.3) is 0 Å². The van der Waals surface area contributed by atoms with Gasteiger partial charge in [-0.25, -0.2) is 4.39 Å². The summed E-state index contributed by atoms with van der Waals surface area (Å²) in [6, 6.07) is 5.27. The fourth-order valence-corrected chi connectivity index (χ4v) is 2.64. The number of nitrogens with one attached hydrogen (secondary N) is 2. The van der Waals surface area contributed by atoms with Gasteiger partial charge in [-0.05, 0) is 43.5 Å². The van der Waals surface area contributed by atoms with E-state index in [1.807, 2.05) is 0 Å². The average molecular weight is 346 g/mol. The van der Waals surface area contributed by atoms with Crippen molar-refractivity contribution in [1.82, 2.24) is 20.8 Å². The van der Waals surface area contributed by atoms with Crippen LogP contribution in [-0.4, -0.2) is 34.5 Å². The first kappa shape index (κ1) is 17.1. The molecule has 1 aliphatic rings. The molecule has 0 radical (unpaired) electrons. The van der Waals surface area contributed by atoms with Crippen LogP contribution < -0.4 is 10.6 Å². The smallest absolute Gasteiger partial charge is 0.242 e. The molecule has 1 atom stereocenters. The maximum atomic E-state index is 12.9. The van der Waals surface area contributed by atoms with Crippen molar-refractivity contribution in [2.24, 2.45) is 0 Å². The average Bonchev–Trinajstić information content (AvgIpc) is 2.99. The molecule has 25 heavy (non-hydrogen) atoms. The van der Waals surface area contributed by atoms with E-state index in [1.54, 1.807) is 12.1 Å².